The van der Waals surface area contributed by atoms with Crippen molar-refractivity contribution in [3.05, 3.63) is 53.6 Å². The highest BCUT2D eigenvalue weighted by atomic mass is 16.5. The van der Waals surface area contributed by atoms with Crippen LogP contribution in [-0.4, -0.2) is 36.9 Å². The van der Waals surface area contributed by atoms with Gasteiger partial charge >= 0.3 is 0 Å². The third kappa shape index (κ3) is 7.38. The van der Waals surface area contributed by atoms with E-state index in [1.807, 2.05) is 18.2 Å². The van der Waals surface area contributed by atoms with Gasteiger partial charge in [-0.25, -0.2) is 0 Å². The first-order valence-corrected chi connectivity index (χ1v) is 11.2. The molecule has 0 radical (unpaired) electrons. The van der Waals surface area contributed by atoms with Crippen molar-refractivity contribution in [3.8, 4) is 5.75 Å². The van der Waals surface area contributed by atoms with Gasteiger partial charge in [-0.3, -0.25) is 4.79 Å². The Labute approximate surface area is 181 Å². The van der Waals surface area contributed by atoms with Crippen LogP contribution in [0.2, 0.25) is 0 Å². The van der Waals surface area contributed by atoms with Crippen molar-refractivity contribution >= 4 is 17.2 Å². The Balaban J connectivity index is 1.89. The van der Waals surface area contributed by atoms with Crippen LogP contribution in [0, 0.1) is 0 Å². The number of ether oxygens (including phenoxy) is 1. The number of ketones is 1. The van der Waals surface area contributed by atoms with Crippen LogP contribution in [0.25, 0.3) is 0 Å². The fourth-order valence-corrected chi connectivity index (χ4v) is 3.37. The minimum absolute atomic E-state index is 0.109. The lowest BCUT2D eigenvalue weighted by Crippen LogP contribution is -2.27. The second kappa shape index (κ2) is 12.9. The summed E-state index contributed by atoms with van der Waals surface area (Å²) in [6.45, 7) is 8.55. The molecule has 0 saturated heterocycles. The van der Waals surface area contributed by atoms with E-state index in [1.54, 1.807) is 24.3 Å². The van der Waals surface area contributed by atoms with Crippen molar-refractivity contribution in [1.82, 2.24) is 4.90 Å². The number of hydrogen-bond acceptors (Lipinski definition) is 5. The van der Waals surface area contributed by atoms with Crippen LogP contribution in [0.3, 0.4) is 0 Å². The first-order valence-electron chi connectivity index (χ1n) is 11.2. The fraction of sp³-hybridized carbons (Fsp3) is 0.480. The highest BCUT2D eigenvalue weighted by Gasteiger charge is 2.15. The molecular weight excluding hydrogens is 374 g/mol. The Morgan fingerprint density at radius 3 is 2.20 bits per heavy atom. The van der Waals surface area contributed by atoms with Gasteiger partial charge in [0.1, 0.15) is 5.75 Å². The minimum atomic E-state index is -0.109. The number of carbonyl (C=O) groups excluding carboxylic acids is 1. The molecule has 0 fully saturated rings. The summed E-state index contributed by atoms with van der Waals surface area (Å²) in [5, 5.41) is 0. The summed E-state index contributed by atoms with van der Waals surface area (Å²) in [7, 11) is 0. The first kappa shape index (κ1) is 23.7. The Hall–Kier alpha value is -2.53. The van der Waals surface area contributed by atoms with Gasteiger partial charge in [0, 0.05) is 5.56 Å². The number of hydrogen-bond donors (Lipinski definition) is 2. The summed E-state index contributed by atoms with van der Waals surface area (Å²) in [5.74, 6) is 0.509. The molecule has 4 N–H and O–H groups in total. The van der Waals surface area contributed by atoms with Crippen molar-refractivity contribution in [2.75, 3.05) is 37.7 Å². The summed E-state index contributed by atoms with van der Waals surface area (Å²) in [5.41, 5.74) is 13.6. The van der Waals surface area contributed by atoms with E-state index in [0.29, 0.717) is 34.9 Å². The second-order valence-corrected chi connectivity index (χ2v) is 7.77. The summed E-state index contributed by atoms with van der Waals surface area (Å²) < 4.78 is 5.98. The van der Waals surface area contributed by atoms with Crippen molar-refractivity contribution in [3.63, 3.8) is 0 Å². The molecule has 0 heterocycles. The van der Waals surface area contributed by atoms with E-state index in [4.69, 9.17) is 16.2 Å². The topological polar surface area (TPSA) is 81.6 Å². The van der Waals surface area contributed by atoms with Crippen LogP contribution in [0.4, 0.5) is 11.4 Å². The predicted molar refractivity (Wildman–Crippen MR) is 126 cm³/mol. The number of nitrogen functional groups attached to an aromatic ring is 2. The van der Waals surface area contributed by atoms with Crippen molar-refractivity contribution < 1.29 is 9.53 Å². The number of carbonyl (C=O) groups is 1. The van der Waals surface area contributed by atoms with Gasteiger partial charge in [-0.15, -0.1) is 0 Å². The quantitative estimate of drug-likeness (QED) is 0.255. The molecule has 0 spiro atoms. The molecule has 2 aromatic carbocycles. The third-order valence-corrected chi connectivity index (χ3v) is 5.26. The molecule has 0 saturated carbocycles. The van der Waals surface area contributed by atoms with E-state index in [-0.39, 0.29) is 5.78 Å². The summed E-state index contributed by atoms with van der Waals surface area (Å²) >= 11 is 0. The van der Waals surface area contributed by atoms with Gasteiger partial charge in [-0.2, -0.15) is 0 Å². The predicted octanol–water partition coefficient (Wildman–Crippen LogP) is 5.14. The zero-order valence-corrected chi connectivity index (χ0v) is 18.5. The average molecular weight is 412 g/mol. The Bertz CT molecular complexity index is 784. The highest BCUT2D eigenvalue weighted by Crippen LogP contribution is 2.24. The first-order chi connectivity index (χ1) is 14.6. The van der Waals surface area contributed by atoms with E-state index < -0.39 is 0 Å². The number of rotatable bonds is 14. The molecule has 0 aliphatic rings. The Morgan fingerprint density at radius 1 is 0.867 bits per heavy atom. The maximum absolute atomic E-state index is 12.9. The Morgan fingerprint density at radius 2 is 1.53 bits per heavy atom. The summed E-state index contributed by atoms with van der Waals surface area (Å²) in [4.78, 5) is 15.5. The molecule has 2 aromatic rings. The number of nitrogens with zero attached hydrogens (tertiary/aromatic N) is 1. The molecule has 164 valence electrons. The lowest BCUT2D eigenvalue weighted by atomic mass is 10.0. The normalized spacial score (nSPS) is 11.0. The summed E-state index contributed by atoms with van der Waals surface area (Å²) in [6.07, 6.45) is 7.03. The molecule has 0 amide bonds. The van der Waals surface area contributed by atoms with Crippen molar-refractivity contribution in [2.24, 2.45) is 0 Å². The molecule has 0 aliphatic carbocycles. The third-order valence-electron chi connectivity index (χ3n) is 5.26. The number of anilines is 2. The zero-order chi connectivity index (χ0) is 21.8. The molecule has 0 aromatic heterocycles. The standard InChI is InChI=1S/C25H37N3O2/c1-3-5-15-28(16-6-4-2)17-9-10-18-30-24-12-8-7-11-21(24)25(29)20-13-14-22(26)23(27)19-20/h7-8,11-14,19H,3-6,9-10,15-18,26-27H2,1-2H3. The highest BCUT2D eigenvalue weighted by molar-refractivity contribution is 6.11. The van der Waals surface area contributed by atoms with E-state index >= 15 is 0 Å². The Kier molecular flexibility index (Phi) is 10.2. The SMILES string of the molecule is CCCCN(CCCC)CCCCOc1ccccc1C(=O)c1ccc(N)c(N)c1. The monoisotopic (exact) mass is 411 g/mol. The van der Waals surface area contributed by atoms with Gasteiger partial charge in [0.05, 0.1) is 23.5 Å². The van der Waals surface area contributed by atoms with Crippen LogP contribution >= 0.6 is 0 Å². The maximum atomic E-state index is 12.9. The van der Waals surface area contributed by atoms with Gasteiger partial charge in [0.25, 0.3) is 0 Å². The minimum Gasteiger partial charge on any atom is -0.493 e. The van der Waals surface area contributed by atoms with Crippen LogP contribution < -0.4 is 16.2 Å². The zero-order valence-electron chi connectivity index (χ0n) is 18.5. The fourth-order valence-electron chi connectivity index (χ4n) is 3.37. The van der Waals surface area contributed by atoms with Crippen LogP contribution in [0.15, 0.2) is 42.5 Å². The second-order valence-electron chi connectivity index (χ2n) is 7.77. The van der Waals surface area contributed by atoms with E-state index in [1.165, 1.54) is 38.8 Å². The molecule has 0 atom stereocenters. The van der Waals surface area contributed by atoms with Crippen LogP contribution in [0.5, 0.6) is 5.75 Å². The van der Waals surface area contributed by atoms with E-state index in [0.717, 1.165) is 19.4 Å². The van der Waals surface area contributed by atoms with Gasteiger partial charge in [0.15, 0.2) is 5.78 Å². The molecule has 0 unspecified atom stereocenters. The van der Waals surface area contributed by atoms with Gasteiger partial charge in [-0.05, 0) is 75.6 Å². The number of unbranched alkanes of at least 4 members (excludes halogenated alkanes) is 3. The van der Waals surface area contributed by atoms with Gasteiger partial charge < -0.3 is 21.1 Å². The molecule has 0 bridgehead atoms. The van der Waals surface area contributed by atoms with Crippen molar-refractivity contribution in [1.29, 1.82) is 0 Å². The van der Waals surface area contributed by atoms with Crippen molar-refractivity contribution in [2.45, 2.75) is 52.4 Å². The summed E-state index contributed by atoms with van der Waals surface area (Å²) in [6, 6.07) is 12.4. The van der Waals surface area contributed by atoms with Gasteiger partial charge in [0.2, 0.25) is 0 Å². The van der Waals surface area contributed by atoms with E-state index in [2.05, 4.69) is 18.7 Å². The molecule has 30 heavy (non-hydrogen) atoms. The molecule has 5 nitrogen and oxygen atoms in total. The largest absolute Gasteiger partial charge is 0.493 e. The molecule has 0 aliphatic heterocycles. The molecule has 5 heteroatoms. The number of benzene rings is 2. The molecular formula is C25H37N3O2. The number of nitrogens with two attached hydrogens (primary N) is 2. The number of para-hydroxylation sites is 1. The maximum Gasteiger partial charge on any atom is 0.196 e. The smallest absolute Gasteiger partial charge is 0.196 e. The van der Waals surface area contributed by atoms with Crippen LogP contribution in [-0.2, 0) is 0 Å². The average Bonchev–Trinajstić information content (AvgIpc) is 2.76. The molecule has 2 rings (SSSR count). The van der Waals surface area contributed by atoms with Gasteiger partial charge in [-0.1, -0.05) is 38.8 Å². The van der Waals surface area contributed by atoms with E-state index in [9.17, 15) is 4.79 Å². The van der Waals surface area contributed by atoms with Crippen LogP contribution in [0.1, 0.15) is 68.3 Å². The lowest BCUT2D eigenvalue weighted by molar-refractivity contribution is 0.103. The lowest BCUT2D eigenvalue weighted by Gasteiger charge is -2.21.